The van der Waals surface area contributed by atoms with Crippen LogP contribution in [0, 0.1) is 6.92 Å². The normalized spacial score (nSPS) is 17.2. The molecule has 1 aliphatic heterocycles. The summed E-state index contributed by atoms with van der Waals surface area (Å²) in [5.41, 5.74) is 3.70. The fourth-order valence-electron chi connectivity index (χ4n) is 4.57. The molecule has 7 nitrogen and oxygen atoms in total. The molecule has 3 aromatic carbocycles. The Morgan fingerprint density at radius 1 is 0.912 bits per heavy atom. The zero-order chi connectivity index (χ0) is 23.7. The maximum atomic E-state index is 13.8. The maximum Gasteiger partial charge on any atom is 0.261 e. The van der Waals surface area contributed by atoms with Crippen LogP contribution in [0.25, 0.3) is 0 Å². The lowest BCUT2D eigenvalue weighted by molar-refractivity contribution is 0.0963. The standard InChI is InChI=1S/C27H26N4O3/c1-18-8-10-20(11-9-18)26(32)30-23(19-12-14-21(33-2)15-13-19)16-24(31-27(30)28-17-29-31)22-6-4-5-7-25(22)34-3/h4-15,17,23-24H,16H2,1-3H3/t23-,24-/m0/s1. The second-order valence-electron chi connectivity index (χ2n) is 8.33. The Labute approximate surface area is 198 Å². The molecule has 1 aromatic heterocycles. The summed E-state index contributed by atoms with van der Waals surface area (Å²) in [6.45, 7) is 2.00. The lowest BCUT2D eigenvalue weighted by atomic mass is 9.91. The average molecular weight is 455 g/mol. The molecule has 1 amide bonds. The number of anilines is 1. The molecule has 0 unspecified atom stereocenters. The minimum absolute atomic E-state index is 0.117. The summed E-state index contributed by atoms with van der Waals surface area (Å²) >= 11 is 0. The van der Waals surface area contributed by atoms with E-state index in [2.05, 4.69) is 10.1 Å². The molecule has 0 bridgehead atoms. The van der Waals surface area contributed by atoms with Crippen molar-refractivity contribution >= 4 is 11.9 Å². The van der Waals surface area contributed by atoms with Gasteiger partial charge in [-0.2, -0.15) is 10.1 Å². The third-order valence-corrected chi connectivity index (χ3v) is 6.34. The van der Waals surface area contributed by atoms with E-state index in [1.165, 1.54) is 6.33 Å². The first-order chi connectivity index (χ1) is 16.6. The zero-order valence-corrected chi connectivity index (χ0v) is 19.4. The number of para-hydroxylation sites is 1. The van der Waals surface area contributed by atoms with Gasteiger partial charge in [-0.25, -0.2) is 4.68 Å². The first-order valence-corrected chi connectivity index (χ1v) is 11.2. The molecular formula is C27H26N4O3. The van der Waals surface area contributed by atoms with Gasteiger partial charge in [-0.05, 0) is 49.2 Å². The van der Waals surface area contributed by atoms with Crippen LogP contribution in [0.4, 0.5) is 5.95 Å². The van der Waals surface area contributed by atoms with Gasteiger partial charge in [0.15, 0.2) is 0 Å². The summed E-state index contributed by atoms with van der Waals surface area (Å²) in [6, 6.07) is 23.0. The molecule has 34 heavy (non-hydrogen) atoms. The number of carbonyl (C=O) groups excluding carboxylic acids is 1. The van der Waals surface area contributed by atoms with E-state index in [1.54, 1.807) is 19.1 Å². The number of aromatic nitrogens is 3. The highest BCUT2D eigenvalue weighted by molar-refractivity contribution is 6.06. The molecule has 0 spiro atoms. The number of benzene rings is 3. The highest BCUT2D eigenvalue weighted by Crippen LogP contribution is 2.44. The second-order valence-corrected chi connectivity index (χ2v) is 8.33. The number of nitrogens with zero attached hydrogens (tertiary/aromatic N) is 4. The van der Waals surface area contributed by atoms with E-state index in [1.807, 2.05) is 84.4 Å². The van der Waals surface area contributed by atoms with E-state index in [0.717, 1.165) is 28.2 Å². The van der Waals surface area contributed by atoms with Crippen LogP contribution in [0.5, 0.6) is 11.5 Å². The first kappa shape index (κ1) is 21.7. The van der Waals surface area contributed by atoms with Crippen LogP contribution in [0.1, 0.15) is 45.6 Å². The fourth-order valence-corrected chi connectivity index (χ4v) is 4.57. The Kier molecular flexibility index (Phi) is 5.76. The molecule has 5 rings (SSSR count). The molecule has 2 heterocycles. The van der Waals surface area contributed by atoms with Crippen molar-refractivity contribution in [3.8, 4) is 11.5 Å². The van der Waals surface area contributed by atoms with Crippen molar-refractivity contribution < 1.29 is 14.3 Å². The number of aryl methyl sites for hydroxylation is 1. The molecule has 2 atom stereocenters. The summed E-state index contributed by atoms with van der Waals surface area (Å²) in [5, 5.41) is 4.52. The van der Waals surface area contributed by atoms with Crippen molar-refractivity contribution in [3.05, 3.63) is 101 Å². The van der Waals surface area contributed by atoms with Gasteiger partial charge >= 0.3 is 0 Å². The molecule has 1 aliphatic rings. The molecular weight excluding hydrogens is 428 g/mol. The van der Waals surface area contributed by atoms with Crippen LogP contribution >= 0.6 is 0 Å². The van der Waals surface area contributed by atoms with E-state index in [9.17, 15) is 4.79 Å². The summed E-state index contributed by atoms with van der Waals surface area (Å²) in [6.07, 6.45) is 2.12. The van der Waals surface area contributed by atoms with Crippen LogP contribution in [-0.4, -0.2) is 34.9 Å². The second kappa shape index (κ2) is 9.02. The van der Waals surface area contributed by atoms with Gasteiger partial charge in [0.25, 0.3) is 5.91 Å². The Hall–Kier alpha value is -4.13. The Bertz CT molecular complexity index is 1300. The number of ether oxygens (including phenoxy) is 2. The van der Waals surface area contributed by atoms with Gasteiger partial charge in [0.1, 0.15) is 17.8 Å². The minimum atomic E-state index is -0.258. The van der Waals surface area contributed by atoms with Crippen LogP contribution in [0.3, 0.4) is 0 Å². The molecule has 0 radical (unpaired) electrons. The van der Waals surface area contributed by atoms with Crippen LogP contribution in [-0.2, 0) is 0 Å². The van der Waals surface area contributed by atoms with E-state index in [0.29, 0.717) is 17.9 Å². The van der Waals surface area contributed by atoms with Crippen molar-refractivity contribution in [1.29, 1.82) is 0 Å². The average Bonchev–Trinajstić information content (AvgIpc) is 3.38. The molecule has 172 valence electrons. The monoisotopic (exact) mass is 454 g/mol. The van der Waals surface area contributed by atoms with Gasteiger partial charge < -0.3 is 9.47 Å². The lowest BCUT2D eigenvalue weighted by Gasteiger charge is -2.39. The van der Waals surface area contributed by atoms with E-state index < -0.39 is 0 Å². The summed E-state index contributed by atoms with van der Waals surface area (Å²) in [4.78, 5) is 20.1. The van der Waals surface area contributed by atoms with Crippen LogP contribution in [0.15, 0.2) is 79.1 Å². The van der Waals surface area contributed by atoms with Gasteiger partial charge in [-0.1, -0.05) is 48.0 Å². The van der Waals surface area contributed by atoms with E-state index >= 15 is 0 Å². The van der Waals surface area contributed by atoms with E-state index in [4.69, 9.17) is 9.47 Å². The molecule has 7 heteroatoms. The van der Waals surface area contributed by atoms with Gasteiger partial charge in [-0.15, -0.1) is 0 Å². The van der Waals surface area contributed by atoms with Gasteiger partial charge in [0.2, 0.25) is 5.95 Å². The Morgan fingerprint density at radius 2 is 1.65 bits per heavy atom. The van der Waals surface area contributed by atoms with Crippen molar-refractivity contribution in [2.24, 2.45) is 0 Å². The summed E-state index contributed by atoms with van der Waals surface area (Å²) in [5.74, 6) is 1.93. The summed E-state index contributed by atoms with van der Waals surface area (Å²) in [7, 11) is 3.31. The Balaban J connectivity index is 1.65. The molecule has 0 saturated heterocycles. The van der Waals surface area contributed by atoms with Crippen molar-refractivity contribution in [2.45, 2.75) is 25.4 Å². The van der Waals surface area contributed by atoms with E-state index in [-0.39, 0.29) is 18.0 Å². The topological polar surface area (TPSA) is 69.5 Å². The van der Waals surface area contributed by atoms with Crippen LogP contribution in [0.2, 0.25) is 0 Å². The van der Waals surface area contributed by atoms with Crippen molar-refractivity contribution in [3.63, 3.8) is 0 Å². The first-order valence-electron chi connectivity index (χ1n) is 11.2. The predicted molar refractivity (Wildman–Crippen MR) is 129 cm³/mol. The fraction of sp³-hybridized carbons (Fsp3) is 0.222. The highest BCUT2D eigenvalue weighted by Gasteiger charge is 2.40. The smallest absolute Gasteiger partial charge is 0.261 e. The number of carbonyl (C=O) groups is 1. The molecule has 0 aliphatic carbocycles. The largest absolute Gasteiger partial charge is 0.497 e. The number of hydrogen-bond acceptors (Lipinski definition) is 5. The van der Waals surface area contributed by atoms with Gasteiger partial charge in [0.05, 0.1) is 26.3 Å². The third-order valence-electron chi connectivity index (χ3n) is 6.34. The quantitative estimate of drug-likeness (QED) is 0.425. The lowest BCUT2D eigenvalue weighted by Crippen LogP contribution is -2.42. The SMILES string of the molecule is COc1ccc([C@@H]2C[C@@H](c3ccccc3OC)n3ncnc3N2C(=O)c2ccc(C)cc2)cc1. The third kappa shape index (κ3) is 3.79. The predicted octanol–water partition coefficient (Wildman–Crippen LogP) is 4.98. The maximum absolute atomic E-state index is 13.8. The summed E-state index contributed by atoms with van der Waals surface area (Å²) < 4.78 is 12.8. The Morgan fingerprint density at radius 3 is 2.35 bits per heavy atom. The minimum Gasteiger partial charge on any atom is -0.497 e. The van der Waals surface area contributed by atoms with Crippen molar-refractivity contribution in [1.82, 2.24) is 14.8 Å². The van der Waals surface area contributed by atoms with Gasteiger partial charge in [-0.3, -0.25) is 9.69 Å². The molecule has 4 aromatic rings. The highest BCUT2D eigenvalue weighted by atomic mass is 16.5. The van der Waals surface area contributed by atoms with Gasteiger partial charge in [0, 0.05) is 11.1 Å². The van der Waals surface area contributed by atoms with Crippen molar-refractivity contribution in [2.75, 3.05) is 19.1 Å². The van der Waals surface area contributed by atoms with Crippen LogP contribution < -0.4 is 14.4 Å². The number of amides is 1. The number of hydrogen-bond donors (Lipinski definition) is 0. The zero-order valence-electron chi connectivity index (χ0n) is 19.4. The number of methoxy groups -OCH3 is 2. The number of rotatable bonds is 5. The molecule has 0 saturated carbocycles. The number of fused-ring (bicyclic) bond motifs is 1. The molecule has 0 N–H and O–H groups in total. The molecule has 0 fully saturated rings.